The van der Waals surface area contributed by atoms with E-state index in [2.05, 4.69) is 20.8 Å². The second-order valence-corrected chi connectivity index (χ2v) is 2.65. The van der Waals surface area contributed by atoms with Gasteiger partial charge in [-0.3, -0.25) is 0 Å². The second kappa shape index (κ2) is 8.60. The van der Waals surface area contributed by atoms with E-state index in [0.29, 0.717) is 0 Å². The van der Waals surface area contributed by atoms with Crippen molar-refractivity contribution in [2.24, 2.45) is 0 Å². The van der Waals surface area contributed by atoms with Gasteiger partial charge in [0, 0.05) is 0 Å². The van der Waals surface area contributed by atoms with Gasteiger partial charge in [-0.15, -0.1) is 0 Å². The summed E-state index contributed by atoms with van der Waals surface area (Å²) in [7, 11) is 0. The summed E-state index contributed by atoms with van der Waals surface area (Å²) in [6, 6.07) is 0.753. The summed E-state index contributed by atoms with van der Waals surface area (Å²) in [6.45, 7) is 10.0. The average molecular weight is 204 g/mol. The van der Waals surface area contributed by atoms with Crippen LogP contribution in [-0.2, 0) is 0 Å². The Balaban J connectivity index is -0.000000320. The number of halogens is 2. The van der Waals surface area contributed by atoms with Gasteiger partial charge in [0.2, 0.25) is 0 Å². The summed E-state index contributed by atoms with van der Waals surface area (Å²) in [6.07, 6.45) is 0. The molecule has 2 N–H and O–H groups in total. The van der Waals surface area contributed by atoms with E-state index < -0.39 is 0 Å². The van der Waals surface area contributed by atoms with Crippen LogP contribution < -0.4 is 12.4 Å². The topological polar surface area (TPSA) is 31.5 Å². The molecule has 72 valence electrons. The average Bonchev–Trinajstić information content (AvgIpc) is 1.95. The molecule has 11 heavy (non-hydrogen) atoms. The first-order chi connectivity index (χ1) is 4.24. The zero-order chi connectivity index (χ0) is 7.33. The van der Waals surface area contributed by atoms with Crippen LogP contribution in [0.2, 0.25) is 0 Å². The Morgan fingerprint density at radius 1 is 1.00 bits per heavy atom. The number of nitrogens with zero attached hydrogens (tertiary/aromatic N) is 1. The van der Waals surface area contributed by atoms with Crippen LogP contribution >= 0.6 is 11.6 Å². The Hall–Kier alpha value is 0.500. The van der Waals surface area contributed by atoms with Gasteiger partial charge in [-0.05, 0) is 20.8 Å². The summed E-state index contributed by atoms with van der Waals surface area (Å²) in [5, 5.41) is 0. The van der Waals surface area contributed by atoms with Crippen LogP contribution in [0.25, 0.3) is 0 Å². The molecule has 0 aliphatic carbocycles. The SMILES string of the molecule is CC[N+](CC)(CC)CCl.O.[Cl-]. The van der Waals surface area contributed by atoms with Crippen molar-refractivity contribution >= 4 is 11.6 Å². The highest BCUT2D eigenvalue weighted by molar-refractivity contribution is 6.16. The molecule has 0 aromatic carbocycles. The highest BCUT2D eigenvalue weighted by atomic mass is 35.5. The number of alkyl halides is 1. The predicted octanol–water partition coefficient (Wildman–Crippen LogP) is -1.76. The predicted molar refractivity (Wildman–Crippen MR) is 46.2 cm³/mol. The van der Waals surface area contributed by atoms with Gasteiger partial charge in [0.1, 0.15) is 0 Å². The zero-order valence-electron chi connectivity index (χ0n) is 7.53. The lowest BCUT2D eigenvalue weighted by atomic mass is 10.4. The van der Waals surface area contributed by atoms with Gasteiger partial charge >= 0.3 is 0 Å². The third-order valence-corrected chi connectivity index (χ3v) is 2.77. The molecule has 0 saturated carbocycles. The Bertz CT molecular complexity index is 59.3. The van der Waals surface area contributed by atoms with E-state index in [0.717, 1.165) is 30.1 Å². The molecule has 0 unspecified atom stereocenters. The van der Waals surface area contributed by atoms with E-state index in [4.69, 9.17) is 11.6 Å². The molecule has 0 aliphatic rings. The van der Waals surface area contributed by atoms with Crippen LogP contribution in [0.1, 0.15) is 20.8 Å². The fraction of sp³-hybridized carbons (Fsp3) is 1.00. The maximum atomic E-state index is 5.80. The van der Waals surface area contributed by atoms with E-state index >= 15 is 0 Å². The van der Waals surface area contributed by atoms with E-state index in [1.165, 1.54) is 0 Å². The molecule has 0 bridgehead atoms. The van der Waals surface area contributed by atoms with Crippen LogP contribution in [0, 0.1) is 0 Å². The lowest BCUT2D eigenvalue weighted by molar-refractivity contribution is -0.912. The maximum absolute atomic E-state index is 5.80. The summed E-state index contributed by atoms with van der Waals surface area (Å²) in [5.74, 6) is 0. The number of quaternary nitrogens is 1. The summed E-state index contributed by atoms with van der Waals surface area (Å²) < 4.78 is 1.04. The minimum Gasteiger partial charge on any atom is -1.00 e. The third-order valence-electron chi connectivity index (χ3n) is 2.27. The first-order valence-corrected chi connectivity index (χ1v) is 4.19. The van der Waals surface area contributed by atoms with Gasteiger partial charge in [0.25, 0.3) is 0 Å². The van der Waals surface area contributed by atoms with Gasteiger partial charge in [-0.1, -0.05) is 11.6 Å². The fourth-order valence-corrected chi connectivity index (χ4v) is 1.43. The Kier molecular flexibility index (Phi) is 13.7. The first kappa shape index (κ1) is 17.5. The molecule has 0 heterocycles. The molecule has 2 nitrogen and oxygen atoms in total. The van der Waals surface area contributed by atoms with Gasteiger partial charge in [0.05, 0.1) is 19.6 Å². The summed E-state index contributed by atoms with van der Waals surface area (Å²) in [4.78, 5) is 0. The molecular formula is C7H19Cl2NO. The van der Waals surface area contributed by atoms with Crippen LogP contribution in [0.15, 0.2) is 0 Å². The number of hydrogen-bond acceptors (Lipinski definition) is 0. The second-order valence-electron chi connectivity index (χ2n) is 2.41. The van der Waals surface area contributed by atoms with Crippen molar-refractivity contribution in [1.29, 1.82) is 0 Å². The lowest BCUT2D eigenvalue weighted by Crippen LogP contribution is -3.00. The molecule has 0 radical (unpaired) electrons. The van der Waals surface area contributed by atoms with E-state index in [9.17, 15) is 0 Å². The van der Waals surface area contributed by atoms with E-state index in [-0.39, 0.29) is 17.9 Å². The third kappa shape index (κ3) is 4.86. The van der Waals surface area contributed by atoms with Gasteiger partial charge in [-0.25, -0.2) is 0 Å². The number of hydrogen-bond donors (Lipinski definition) is 0. The molecule has 0 saturated heterocycles. The Labute approximate surface area is 80.8 Å². The minimum absolute atomic E-state index is 0. The van der Waals surface area contributed by atoms with Crippen molar-refractivity contribution in [2.75, 3.05) is 25.6 Å². The Morgan fingerprint density at radius 3 is 1.27 bits per heavy atom. The van der Waals surface area contributed by atoms with Crippen LogP contribution in [0.3, 0.4) is 0 Å². The van der Waals surface area contributed by atoms with Crippen molar-refractivity contribution in [3.8, 4) is 0 Å². The molecule has 0 aromatic rings. The van der Waals surface area contributed by atoms with Crippen molar-refractivity contribution in [2.45, 2.75) is 20.8 Å². The van der Waals surface area contributed by atoms with Gasteiger partial charge in [0.15, 0.2) is 6.00 Å². The Morgan fingerprint density at radius 2 is 1.27 bits per heavy atom. The highest BCUT2D eigenvalue weighted by Crippen LogP contribution is 2.06. The van der Waals surface area contributed by atoms with Crippen molar-refractivity contribution in [3.63, 3.8) is 0 Å². The molecule has 0 aromatic heterocycles. The van der Waals surface area contributed by atoms with Crippen molar-refractivity contribution in [3.05, 3.63) is 0 Å². The molecule has 0 spiro atoms. The fourth-order valence-electron chi connectivity index (χ4n) is 0.924. The van der Waals surface area contributed by atoms with Crippen molar-refractivity contribution in [1.82, 2.24) is 0 Å². The molecule has 4 heteroatoms. The van der Waals surface area contributed by atoms with Gasteiger partial charge < -0.3 is 22.4 Å². The molecular weight excluding hydrogens is 185 g/mol. The lowest BCUT2D eigenvalue weighted by Gasteiger charge is -2.32. The molecule has 0 rings (SSSR count). The van der Waals surface area contributed by atoms with Crippen LogP contribution in [0.4, 0.5) is 0 Å². The highest BCUT2D eigenvalue weighted by Gasteiger charge is 2.17. The first-order valence-electron chi connectivity index (χ1n) is 3.65. The normalized spacial score (nSPS) is 9.82. The minimum atomic E-state index is 0. The maximum Gasteiger partial charge on any atom is 0.154 e. The van der Waals surface area contributed by atoms with Crippen LogP contribution in [-0.4, -0.2) is 35.6 Å². The van der Waals surface area contributed by atoms with Crippen molar-refractivity contribution < 1.29 is 22.4 Å². The molecule has 0 amide bonds. The standard InChI is InChI=1S/C7H17ClN.ClH.H2O/c1-4-9(5-2,6-3)7-8;;/h4-7H2,1-3H3;1H;1H2/q+1;;/p-1. The smallest absolute Gasteiger partial charge is 0.154 e. The van der Waals surface area contributed by atoms with Gasteiger partial charge in [-0.2, -0.15) is 0 Å². The van der Waals surface area contributed by atoms with E-state index in [1.54, 1.807) is 0 Å². The summed E-state index contributed by atoms with van der Waals surface area (Å²) >= 11 is 5.80. The van der Waals surface area contributed by atoms with E-state index in [1.807, 2.05) is 0 Å². The monoisotopic (exact) mass is 203 g/mol. The molecule has 0 atom stereocenters. The quantitative estimate of drug-likeness (QED) is 0.295. The summed E-state index contributed by atoms with van der Waals surface area (Å²) in [5.41, 5.74) is 0. The number of rotatable bonds is 4. The zero-order valence-corrected chi connectivity index (χ0v) is 9.04. The molecule has 0 fully saturated rings. The molecule has 0 aliphatic heterocycles. The van der Waals surface area contributed by atoms with Crippen LogP contribution in [0.5, 0.6) is 0 Å². The largest absolute Gasteiger partial charge is 1.00 e.